The highest BCUT2D eigenvalue weighted by molar-refractivity contribution is 7.45. The quantitative estimate of drug-likeness (QED) is 0.0200. The van der Waals surface area contributed by atoms with Gasteiger partial charge in [-0.2, -0.15) is 0 Å². The number of phosphoric ester groups is 1. The maximum atomic E-state index is 12.7. The highest BCUT2D eigenvalue weighted by Gasteiger charge is 2.20. The first-order chi connectivity index (χ1) is 27.6. The highest BCUT2D eigenvalue weighted by Crippen LogP contribution is 2.38. The van der Waals surface area contributed by atoms with Crippen LogP contribution in [0.25, 0.3) is 0 Å². The van der Waals surface area contributed by atoms with Crippen LogP contribution in [0, 0.1) is 0 Å². The maximum Gasteiger partial charge on any atom is 0.306 e. The Hall–Kier alpha value is -2.32. The van der Waals surface area contributed by atoms with Crippen LogP contribution in [0.1, 0.15) is 155 Å². The van der Waals surface area contributed by atoms with E-state index in [-0.39, 0.29) is 32.2 Å². The molecule has 0 spiro atoms. The summed E-state index contributed by atoms with van der Waals surface area (Å²) in [4.78, 5) is 25.1. The first-order valence-corrected chi connectivity index (χ1v) is 23.8. The fraction of sp³-hybridized carbons (Fsp3) is 0.688. The van der Waals surface area contributed by atoms with Gasteiger partial charge in [-0.1, -0.05) is 157 Å². The number of rotatable bonds is 40. The summed E-state index contributed by atoms with van der Waals surface area (Å²) in [5.41, 5.74) is 0. The van der Waals surface area contributed by atoms with Crippen molar-refractivity contribution in [3.05, 3.63) is 85.1 Å². The largest absolute Gasteiger partial charge is 0.756 e. The van der Waals surface area contributed by atoms with Crippen molar-refractivity contribution in [1.82, 2.24) is 0 Å². The number of quaternary nitrogens is 1. The number of carbonyl (C=O) groups excluding carboxylic acids is 1. The second-order valence-corrected chi connectivity index (χ2v) is 17.1. The van der Waals surface area contributed by atoms with Crippen molar-refractivity contribution in [2.75, 3.05) is 54.1 Å². The van der Waals surface area contributed by atoms with Gasteiger partial charge in [-0.15, -0.1) is 0 Å². The zero-order valence-corrected chi connectivity index (χ0v) is 37.9. The smallest absolute Gasteiger partial charge is 0.306 e. The van der Waals surface area contributed by atoms with E-state index in [4.69, 9.17) is 18.5 Å². The van der Waals surface area contributed by atoms with Crippen LogP contribution in [0.3, 0.4) is 0 Å². The third-order valence-electron chi connectivity index (χ3n) is 8.95. The molecule has 2 atom stereocenters. The first-order valence-electron chi connectivity index (χ1n) is 22.3. The van der Waals surface area contributed by atoms with Crippen molar-refractivity contribution in [2.24, 2.45) is 0 Å². The summed E-state index contributed by atoms with van der Waals surface area (Å²) in [6, 6.07) is 0. The molecule has 0 aliphatic carbocycles. The molecular weight excluding hydrogens is 734 g/mol. The van der Waals surface area contributed by atoms with Crippen LogP contribution >= 0.6 is 7.82 Å². The molecule has 2 unspecified atom stereocenters. The predicted molar refractivity (Wildman–Crippen MR) is 240 cm³/mol. The molecule has 0 fully saturated rings. The number of hydrogen-bond acceptors (Lipinski definition) is 7. The summed E-state index contributed by atoms with van der Waals surface area (Å²) >= 11 is 0. The lowest BCUT2D eigenvalue weighted by Crippen LogP contribution is -2.37. The third-order valence-corrected chi connectivity index (χ3v) is 9.91. The number of nitrogens with zero attached hydrogens (tertiary/aromatic N) is 1. The summed E-state index contributed by atoms with van der Waals surface area (Å²) in [6.45, 7) is 5.02. The molecule has 0 saturated heterocycles. The van der Waals surface area contributed by atoms with E-state index >= 15 is 0 Å². The van der Waals surface area contributed by atoms with Crippen LogP contribution in [-0.2, 0) is 27.9 Å². The highest BCUT2D eigenvalue weighted by atomic mass is 31.2. The molecule has 0 bridgehead atoms. The number of likely N-dealkylation sites (N-methyl/N-ethyl adjacent to an activating group) is 1. The molecule has 0 aromatic carbocycles. The Morgan fingerprint density at radius 1 is 0.561 bits per heavy atom. The number of hydrogen-bond donors (Lipinski definition) is 0. The Kier molecular flexibility index (Phi) is 38.8. The van der Waals surface area contributed by atoms with E-state index in [9.17, 15) is 14.3 Å². The van der Waals surface area contributed by atoms with E-state index in [2.05, 4.69) is 98.9 Å². The standard InChI is InChI=1S/C48H84NO7P/c1-6-8-10-12-14-16-18-20-22-24-25-26-27-29-31-33-35-37-39-41-48(50)56-47(46-55-57(51,52)54-44-42-49(3,4)5)45-53-43-40-38-36-34-32-30-28-23-21-19-17-15-13-11-9-7-2/h9,11,14-17,20-23,30,32,36,38,47H,6-8,10,12-13,18-19,24-29,31,33-35,37,39-46H2,1-5H3/b11-9-,16-14-,17-15-,22-20-,23-21-,32-30-,38-36-. The SMILES string of the molecule is CC/C=C\C/C=C\C/C=C\C/C=C\C/C=C\CCOCC(COP(=O)([O-])OCC[N+](C)(C)C)OC(=O)CCCCCCCCCCC/C=C\C/C=C\CCCCC. The molecule has 0 saturated carbocycles. The van der Waals surface area contributed by atoms with Gasteiger partial charge in [-0.05, 0) is 77.0 Å². The van der Waals surface area contributed by atoms with Crippen molar-refractivity contribution in [3.8, 4) is 0 Å². The summed E-state index contributed by atoms with van der Waals surface area (Å²) < 4.78 is 34.5. The Labute approximate surface area is 350 Å². The molecule has 0 aromatic heterocycles. The minimum absolute atomic E-state index is 0.00759. The lowest BCUT2D eigenvalue weighted by Gasteiger charge is -2.28. The number of unbranched alkanes of at least 4 members (excludes halogenated alkanes) is 12. The van der Waals surface area contributed by atoms with E-state index in [0.717, 1.165) is 57.8 Å². The molecule has 8 nitrogen and oxygen atoms in total. The average molecular weight is 818 g/mol. The van der Waals surface area contributed by atoms with E-state index in [1.54, 1.807) is 0 Å². The third kappa shape index (κ3) is 44.6. The number of allylic oxidation sites excluding steroid dienone is 13. The molecule has 0 rings (SSSR count). The van der Waals surface area contributed by atoms with Gasteiger partial charge in [0.2, 0.25) is 0 Å². The fourth-order valence-corrected chi connectivity index (χ4v) is 6.25. The number of phosphoric acid groups is 1. The molecule has 57 heavy (non-hydrogen) atoms. The van der Waals surface area contributed by atoms with Crippen LogP contribution < -0.4 is 4.89 Å². The molecule has 0 amide bonds. The number of esters is 1. The maximum absolute atomic E-state index is 12.7. The van der Waals surface area contributed by atoms with Gasteiger partial charge in [0.1, 0.15) is 19.3 Å². The van der Waals surface area contributed by atoms with Crippen molar-refractivity contribution in [3.63, 3.8) is 0 Å². The summed E-state index contributed by atoms with van der Waals surface area (Å²) in [5, 5.41) is 0. The molecule has 0 aromatic rings. The van der Waals surface area contributed by atoms with Gasteiger partial charge >= 0.3 is 5.97 Å². The first kappa shape index (κ1) is 54.7. The Bertz CT molecular complexity index is 1180. The molecule has 9 heteroatoms. The predicted octanol–water partition coefficient (Wildman–Crippen LogP) is 12.6. The van der Waals surface area contributed by atoms with Gasteiger partial charge in [-0.25, -0.2) is 0 Å². The fourth-order valence-electron chi connectivity index (χ4n) is 5.52. The van der Waals surface area contributed by atoms with E-state index < -0.39 is 13.9 Å². The molecule has 0 radical (unpaired) electrons. The lowest BCUT2D eigenvalue weighted by atomic mass is 10.1. The van der Waals surface area contributed by atoms with E-state index in [0.29, 0.717) is 24.1 Å². The van der Waals surface area contributed by atoms with Gasteiger partial charge in [0.25, 0.3) is 7.82 Å². The van der Waals surface area contributed by atoms with Crippen molar-refractivity contribution in [1.29, 1.82) is 0 Å². The van der Waals surface area contributed by atoms with Gasteiger partial charge in [0.15, 0.2) is 0 Å². The van der Waals surface area contributed by atoms with Gasteiger partial charge in [0, 0.05) is 6.42 Å². The number of carbonyl (C=O) groups is 1. The van der Waals surface area contributed by atoms with Gasteiger partial charge in [0.05, 0.1) is 41.0 Å². The van der Waals surface area contributed by atoms with Crippen LogP contribution in [0.4, 0.5) is 0 Å². The molecule has 0 aliphatic heterocycles. The van der Waals surface area contributed by atoms with Crippen molar-refractivity contribution < 1.29 is 37.3 Å². The van der Waals surface area contributed by atoms with E-state index in [1.165, 1.54) is 70.6 Å². The second-order valence-electron chi connectivity index (χ2n) is 15.7. The van der Waals surface area contributed by atoms with Crippen LogP contribution in [0.2, 0.25) is 0 Å². The monoisotopic (exact) mass is 818 g/mol. The lowest BCUT2D eigenvalue weighted by molar-refractivity contribution is -0.870. The molecule has 0 aliphatic rings. The molecule has 0 heterocycles. The summed E-state index contributed by atoms with van der Waals surface area (Å²) in [7, 11) is 1.29. The summed E-state index contributed by atoms with van der Waals surface area (Å²) in [5.74, 6) is -0.367. The van der Waals surface area contributed by atoms with Crippen molar-refractivity contribution in [2.45, 2.75) is 161 Å². The second kappa shape index (κ2) is 40.5. The average Bonchev–Trinajstić information content (AvgIpc) is 3.16. The zero-order valence-electron chi connectivity index (χ0n) is 37.0. The van der Waals surface area contributed by atoms with Crippen LogP contribution in [-0.4, -0.2) is 70.7 Å². The van der Waals surface area contributed by atoms with Crippen LogP contribution in [0.5, 0.6) is 0 Å². The van der Waals surface area contributed by atoms with E-state index in [1.807, 2.05) is 21.1 Å². The minimum atomic E-state index is -4.55. The zero-order chi connectivity index (χ0) is 42.0. The molecule has 328 valence electrons. The topological polar surface area (TPSA) is 94.1 Å². The Balaban J connectivity index is 4.35. The van der Waals surface area contributed by atoms with Gasteiger partial charge in [-0.3, -0.25) is 9.36 Å². The Morgan fingerprint density at radius 3 is 1.53 bits per heavy atom. The van der Waals surface area contributed by atoms with Gasteiger partial charge < -0.3 is 27.9 Å². The Morgan fingerprint density at radius 2 is 1.02 bits per heavy atom. The molecular formula is C48H84NO7P. The molecule has 0 N–H and O–H groups in total. The normalized spacial score (nSPS) is 14.6. The van der Waals surface area contributed by atoms with Crippen molar-refractivity contribution >= 4 is 13.8 Å². The minimum Gasteiger partial charge on any atom is -0.756 e. The number of ether oxygens (including phenoxy) is 2. The van der Waals surface area contributed by atoms with Crippen LogP contribution in [0.15, 0.2) is 85.1 Å². The summed E-state index contributed by atoms with van der Waals surface area (Å²) in [6.07, 6.45) is 53.3.